The zero-order valence-electron chi connectivity index (χ0n) is 48.0. The smallest absolute Gasteiger partial charge is 0.167 e. The summed E-state index contributed by atoms with van der Waals surface area (Å²) in [6.07, 6.45) is 0. The summed E-state index contributed by atoms with van der Waals surface area (Å²) in [4.78, 5) is 15.2. The van der Waals surface area contributed by atoms with Crippen molar-refractivity contribution in [2.45, 2.75) is 0 Å². The molecule has 0 spiro atoms. The molecule has 0 aliphatic carbocycles. The van der Waals surface area contributed by atoms with Gasteiger partial charge in [-0.15, -0.1) is 0 Å². The molecule has 10 aromatic carbocycles. The number of furan rings is 2. The summed E-state index contributed by atoms with van der Waals surface area (Å²) in [6.45, 7) is 0. The van der Waals surface area contributed by atoms with Crippen molar-refractivity contribution in [1.29, 1.82) is 0 Å². The first-order valence-corrected chi connectivity index (χ1v) is 19.5. The Labute approximate surface area is 377 Å². The number of aromatic nitrogens is 3. The molecule has 5 heteroatoms. The first-order chi connectivity index (χ1) is 37.4. The van der Waals surface area contributed by atoms with Crippen LogP contribution in [0.25, 0.3) is 133 Å². The fourth-order valence-corrected chi connectivity index (χ4v) is 8.53. The Bertz CT molecular complexity index is 4870. The van der Waals surface area contributed by atoms with Crippen LogP contribution in [-0.2, 0) is 0 Å². The van der Waals surface area contributed by atoms with Crippen molar-refractivity contribution >= 4 is 76.2 Å². The minimum absolute atomic E-state index is 0.0410. The zero-order valence-corrected chi connectivity index (χ0v) is 32.0. The molecule has 0 bridgehead atoms. The van der Waals surface area contributed by atoms with Crippen LogP contribution in [0.2, 0.25) is 0 Å². The Balaban J connectivity index is 1.11. The van der Waals surface area contributed by atoms with Crippen LogP contribution in [0, 0.1) is 0 Å². The van der Waals surface area contributed by atoms with E-state index < -0.39 is 78.6 Å². The van der Waals surface area contributed by atoms with Gasteiger partial charge in [-0.25, -0.2) is 15.0 Å². The number of hydrogen-bond acceptors (Lipinski definition) is 5. The Morgan fingerprint density at radius 2 is 0.952 bits per heavy atom. The number of benzene rings is 10. The van der Waals surface area contributed by atoms with Gasteiger partial charge < -0.3 is 8.83 Å². The standard InChI is InChI=1S/C57H33N3O2/c1-2-15-34(16-3-1)37-24-12-27-47-52-44(25-14-30-51(52)62-53(37)47)42-31-32-46(40-21-8-7-20-39(40)42)55-58-56(48-28-13-26-45-43-23-10-11-29-50(43)61-54(45)48)60-57(59-55)49-33-35-17-4-5-18-36(35)38-19-6-9-22-41(38)49/h1-33H/i1D,2D,3D,10D,11D,12D,13D,15D,16D,23D,24D,25D,26D,28D,29D,30D. The van der Waals surface area contributed by atoms with E-state index in [2.05, 4.69) is 0 Å². The predicted octanol–water partition coefficient (Wildman–Crippen LogP) is 15.5. The quantitative estimate of drug-likeness (QED) is 0.162. The lowest BCUT2D eigenvalue weighted by Crippen LogP contribution is -2.01. The van der Waals surface area contributed by atoms with Crippen molar-refractivity contribution in [3.05, 3.63) is 200 Å². The van der Waals surface area contributed by atoms with Gasteiger partial charge in [0.25, 0.3) is 0 Å². The Morgan fingerprint density at radius 1 is 0.339 bits per heavy atom. The van der Waals surface area contributed by atoms with Gasteiger partial charge in [0, 0.05) is 38.2 Å². The molecule has 0 saturated carbocycles. The van der Waals surface area contributed by atoms with Gasteiger partial charge in [0.1, 0.15) is 22.3 Å². The minimum atomic E-state index is -0.651. The molecule has 0 aliphatic heterocycles. The number of para-hydroxylation sites is 3. The van der Waals surface area contributed by atoms with Gasteiger partial charge in [0.05, 0.1) is 27.5 Å². The van der Waals surface area contributed by atoms with E-state index in [1.165, 1.54) is 12.1 Å². The van der Waals surface area contributed by atoms with Gasteiger partial charge in [-0.05, 0) is 79.3 Å². The maximum absolute atomic E-state index is 9.47. The molecule has 5 nitrogen and oxygen atoms in total. The van der Waals surface area contributed by atoms with E-state index >= 15 is 0 Å². The fourth-order valence-electron chi connectivity index (χ4n) is 8.53. The van der Waals surface area contributed by atoms with Gasteiger partial charge in [0.15, 0.2) is 17.5 Å². The van der Waals surface area contributed by atoms with E-state index in [0.717, 1.165) is 21.5 Å². The molecule has 0 amide bonds. The second-order valence-electron chi connectivity index (χ2n) is 14.6. The molecule has 0 unspecified atom stereocenters. The molecule has 62 heavy (non-hydrogen) atoms. The topological polar surface area (TPSA) is 65.0 Å². The third kappa shape index (κ3) is 5.25. The molecule has 288 valence electrons. The summed E-state index contributed by atoms with van der Waals surface area (Å²) in [6, 6.07) is 22.7. The fraction of sp³-hybridized carbons (Fsp3) is 0. The summed E-state index contributed by atoms with van der Waals surface area (Å²) in [5.41, 5.74) is 0.318. The van der Waals surface area contributed by atoms with Crippen LogP contribution in [0.4, 0.5) is 0 Å². The van der Waals surface area contributed by atoms with Gasteiger partial charge in [0.2, 0.25) is 0 Å². The molecule has 0 N–H and O–H groups in total. The lowest BCUT2D eigenvalue weighted by molar-refractivity contribution is 0.669. The van der Waals surface area contributed by atoms with Crippen molar-refractivity contribution in [2.24, 2.45) is 0 Å². The van der Waals surface area contributed by atoms with E-state index in [0.29, 0.717) is 27.5 Å². The number of nitrogens with zero attached hydrogens (tertiary/aromatic N) is 3. The Morgan fingerprint density at radius 3 is 1.79 bits per heavy atom. The average molecular weight is 808 g/mol. The van der Waals surface area contributed by atoms with Crippen molar-refractivity contribution in [2.75, 3.05) is 0 Å². The number of fused-ring (bicyclic) bond motifs is 10. The van der Waals surface area contributed by atoms with Crippen LogP contribution >= 0.6 is 0 Å². The molecule has 3 heterocycles. The highest BCUT2D eigenvalue weighted by atomic mass is 16.3. The summed E-state index contributed by atoms with van der Waals surface area (Å²) < 4.78 is 154. The molecule has 0 fully saturated rings. The highest BCUT2D eigenvalue weighted by molar-refractivity contribution is 6.19. The van der Waals surface area contributed by atoms with Crippen molar-refractivity contribution in [1.82, 2.24) is 15.0 Å². The minimum Gasteiger partial charge on any atom is -0.455 e. The predicted molar refractivity (Wildman–Crippen MR) is 254 cm³/mol. The first kappa shape index (κ1) is 22.3. The summed E-state index contributed by atoms with van der Waals surface area (Å²) in [7, 11) is 0. The SMILES string of the molecule is [2H]c1cc2c(oc3c([2H])cc([2H])c(-c4ccc(-c5nc(-c6cc7ccccc7c7ccccc67)nc(-c6c([2H])c([2H])c([2H])c7c6oc6c([2H])c([2H])c([2H])c([2H])c67)n5)c5ccccc45)c32)c(-c2c([2H])c([2H])c([2H])c([2H])c2[2H])c1[2H]. The molecule has 13 rings (SSSR count). The van der Waals surface area contributed by atoms with E-state index in [-0.39, 0.29) is 102 Å². The average Bonchev–Trinajstić information content (AvgIpc) is 4.05. The van der Waals surface area contributed by atoms with E-state index in [1.807, 2.05) is 66.7 Å². The highest BCUT2D eigenvalue weighted by Crippen LogP contribution is 2.44. The van der Waals surface area contributed by atoms with Gasteiger partial charge >= 0.3 is 0 Å². The van der Waals surface area contributed by atoms with E-state index in [1.54, 1.807) is 24.3 Å². The molecule has 0 radical (unpaired) electrons. The lowest BCUT2D eigenvalue weighted by Gasteiger charge is -2.15. The number of hydrogen-bond donors (Lipinski definition) is 0. The third-order valence-electron chi connectivity index (χ3n) is 11.2. The molecule has 13 aromatic rings. The van der Waals surface area contributed by atoms with Crippen LogP contribution in [0.3, 0.4) is 0 Å². The molecule has 0 aliphatic rings. The third-order valence-corrected chi connectivity index (χ3v) is 11.2. The van der Waals surface area contributed by atoms with E-state index in [9.17, 15) is 2.74 Å². The second-order valence-corrected chi connectivity index (χ2v) is 14.6. The Kier molecular flexibility index (Phi) is 4.87. The number of rotatable bonds is 5. The Hall–Kier alpha value is -8.41. The largest absolute Gasteiger partial charge is 0.455 e. The van der Waals surface area contributed by atoms with Crippen LogP contribution in [0.5, 0.6) is 0 Å². The molecule has 3 aromatic heterocycles. The second kappa shape index (κ2) is 13.6. The molecule has 0 atom stereocenters. The summed E-state index contributed by atoms with van der Waals surface area (Å²) in [5.74, 6) is 0.0422. The monoisotopic (exact) mass is 807 g/mol. The maximum atomic E-state index is 9.47. The highest BCUT2D eigenvalue weighted by Gasteiger charge is 2.22. The van der Waals surface area contributed by atoms with Crippen LogP contribution in [0.15, 0.2) is 209 Å². The molecular weight excluding hydrogens is 759 g/mol. The normalized spacial score (nSPS) is 15.5. The van der Waals surface area contributed by atoms with Crippen molar-refractivity contribution in [3.8, 4) is 56.4 Å². The molecular formula is C57H33N3O2. The summed E-state index contributed by atoms with van der Waals surface area (Å²) in [5, 5.41) is 4.68. The van der Waals surface area contributed by atoms with Gasteiger partial charge in [-0.2, -0.15) is 0 Å². The van der Waals surface area contributed by atoms with Crippen LogP contribution in [0.1, 0.15) is 21.9 Å². The van der Waals surface area contributed by atoms with Crippen molar-refractivity contribution in [3.63, 3.8) is 0 Å². The lowest BCUT2D eigenvalue weighted by atomic mass is 9.91. The van der Waals surface area contributed by atoms with Crippen LogP contribution < -0.4 is 0 Å². The zero-order chi connectivity index (χ0) is 54.7. The molecule has 0 saturated heterocycles. The first-order valence-electron chi connectivity index (χ1n) is 27.5. The van der Waals surface area contributed by atoms with Crippen LogP contribution in [-0.4, -0.2) is 15.0 Å². The van der Waals surface area contributed by atoms with Gasteiger partial charge in [-0.1, -0.05) is 170 Å². The van der Waals surface area contributed by atoms with Crippen molar-refractivity contribution < 1.29 is 30.8 Å². The van der Waals surface area contributed by atoms with E-state index in [4.69, 9.17) is 43.0 Å². The maximum Gasteiger partial charge on any atom is 0.167 e. The van der Waals surface area contributed by atoms with Gasteiger partial charge in [-0.3, -0.25) is 0 Å². The summed E-state index contributed by atoms with van der Waals surface area (Å²) >= 11 is 0.